The largest absolute Gasteiger partial charge is 0.396 e. The number of aliphatic hydroxyl groups is 2. The molecule has 0 bridgehead atoms. The number of rotatable bonds is 7. The summed E-state index contributed by atoms with van der Waals surface area (Å²) in [6.07, 6.45) is 2.94. The number of halogens is 1. The van der Waals surface area contributed by atoms with Crippen LogP contribution in [0.15, 0.2) is 18.2 Å². The third kappa shape index (κ3) is 4.54. The van der Waals surface area contributed by atoms with Crippen LogP contribution in [0.1, 0.15) is 24.8 Å². The molecule has 4 heteroatoms. The Bertz CT molecular complexity index is 344. The predicted molar refractivity (Wildman–Crippen MR) is 71.6 cm³/mol. The molecule has 1 aromatic rings. The van der Waals surface area contributed by atoms with Gasteiger partial charge in [-0.15, -0.1) is 0 Å². The number of benzene rings is 1. The Morgan fingerprint density at radius 2 is 1.94 bits per heavy atom. The molecule has 0 unspecified atom stereocenters. The summed E-state index contributed by atoms with van der Waals surface area (Å²) >= 11 is 6.04. The van der Waals surface area contributed by atoms with E-state index in [1.165, 1.54) is 0 Å². The molecule has 0 aliphatic heterocycles. The van der Waals surface area contributed by atoms with Gasteiger partial charge in [0.05, 0.1) is 6.61 Å². The van der Waals surface area contributed by atoms with Crippen LogP contribution < -0.4 is 4.90 Å². The fraction of sp³-hybridized carbons (Fsp3) is 0.538. The lowest BCUT2D eigenvalue weighted by molar-refractivity contribution is 0.282. The second-order valence-corrected chi connectivity index (χ2v) is 4.55. The Hall–Kier alpha value is -0.770. The van der Waals surface area contributed by atoms with Gasteiger partial charge in [0.25, 0.3) is 0 Å². The normalized spacial score (nSPS) is 10.6. The summed E-state index contributed by atoms with van der Waals surface area (Å²) in [5.41, 5.74) is 1.81. The molecule has 1 rings (SSSR count). The highest BCUT2D eigenvalue weighted by Gasteiger charge is 2.04. The summed E-state index contributed by atoms with van der Waals surface area (Å²) in [5.74, 6) is 0. The summed E-state index contributed by atoms with van der Waals surface area (Å²) in [6.45, 7) is 1.18. The first-order chi connectivity index (χ1) is 8.19. The molecule has 0 aromatic heterocycles. The summed E-state index contributed by atoms with van der Waals surface area (Å²) in [5, 5.41) is 18.3. The van der Waals surface area contributed by atoms with E-state index >= 15 is 0 Å². The number of anilines is 1. The maximum Gasteiger partial charge on any atom is 0.0696 e. The molecule has 0 spiro atoms. The summed E-state index contributed by atoms with van der Waals surface area (Å²) in [6, 6.07) is 5.69. The molecule has 0 saturated carbocycles. The Balaban J connectivity index is 2.51. The van der Waals surface area contributed by atoms with Crippen molar-refractivity contribution in [3.05, 3.63) is 28.8 Å². The van der Waals surface area contributed by atoms with Crippen LogP contribution in [0.5, 0.6) is 0 Å². The van der Waals surface area contributed by atoms with Crippen molar-refractivity contribution in [3.8, 4) is 0 Å². The third-order valence-electron chi connectivity index (χ3n) is 2.80. The molecule has 17 heavy (non-hydrogen) atoms. The standard InChI is InChI=1S/C13H20ClNO2/c1-15(7-3-2-4-8-16)12-6-5-11(10-17)13(14)9-12/h5-6,9,16-17H,2-4,7-8,10H2,1H3. The van der Waals surface area contributed by atoms with E-state index in [0.717, 1.165) is 37.1 Å². The van der Waals surface area contributed by atoms with E-state index < -0.39 is 0 Å². The second-order valence-electron chi connectivity index (χ2n) is 4.14. The number of hydrogen-bond acceptors (Lipinski definition) is 3. The zero-order valence-corrected chi connectivity index (χ0v) is 11.0. The first kappa shape index (κ1) is 14.3. The van der Waals surface area contributed by atoms with Gasteiger partial charge in [-0.2, -0.15) is 0 Å². The lowest BCUT2D eigenvalue weighted by Gasteiger charge is -2.20. The van der Waals surface area contributed by atoms with Crippen molar-refractivity contribution in [2.24, 2.45) is 0 Å². The van der Waals surface area contributed by atoms with Crippen LogP contribution in [0.25, 0.3) is 0 Å². The first-order valence-electron chi connectivity index (χ1n) is 5.90. The van der Waals surface area contributed by atoms with Gasteiger partial charge in [0.2, 0.25) is 0 Å². The molecule has 2 N–H and O–H groups in total. The zero-order valence-electron chi connectivity index (χ0n) is 10.2. The average molecular weight is 258 g/mol. The lowest BCUT2D eigenvalue weighted by atomic mass is 10.2. The van der Waals surface area contributed by atoms with Crippen molar-refractivity contribution in [2.45, 2.75) is 25.9 Å². The molecule has 0 amide bonds. The molecule has 1 aromatic carbocycles. The van der Waals surface area contributed by atoms with Gasteiger partial charge in [-0.1, -0.05) is 17.7 Å². The van der Waals surface area contributed by atoms with Crippen molar-refractivity contribution in [1.82, 2.24) is 0 Å². The van der Waals surface area contributed by atoms with Crippen molar-refractivity contribution in [1.29, 1.82) is 0 Å². The van der Waals surface area contributed by atoms with Crippen LogP contribution in [0.3, 0.4) is 0 Å². The summed E-state index contributed by atoms with van der Waals surface area (Å²) in [7, 11) is 2.02. The molecule has 0 aliphatic carbocycles. The van der Waals surface area contributed by atoms with Gasteiger partial charge >= 0.3 is 0 Å². The molecule has 0 atom stereocenters. The molecule has 0 radical (unpaired) electrons. The van der Waals surface area contributed by atoms with Crippen molar-refractivity contribution in [3.63, 3.8) is 0 Å². The predicted octanol–water partition coefficient (Wildman–Crippen LogP) is 2.43. The molecule has 0 heterocycles. The van der Waals surface area contributed by atoms with Gasteiger partial charge in [-0.25, -0.2) is 0 Å². The number of aliphatic hydroxyl groups excluding tert-OH is 2. The fourth-order valence-corrected chi connectivity index (χ4v) is 1.90. The van der Waals surface area contributed by atoms with Gasteiger partial charge in [-0.3, -0.25) is 0 Å². The molecule has 96 valence electrons. The van der Waals surface area contributed by atoms with E-state index in [0.29, 0.717) is 5.02 Å². The summed E-state index contributed by atoms with van der Waals surface area (Å²) < 4.78 is 0. The van der Waals surface area contributed by atoms with Crippen molar-refractivity contribution >= 4 is 17.3 Å². The minimum Gasteiger partial charge on any atom is -0.396 e. The molecule has 0 saturated heterocycles. The van der Waals surface area contributed by atoms with Gasteiger partial charge in [-0.05, 0) is 37.0 Å². The molecule has 3 nitrogen and oxygen atoms in total. The van der Waals surface area contributed by atoms with E-state index in [1.54, 1.807) is 0 Å². The maximum atomic E-state index is 9.03. The zero-order chi connectivity index (χ0) is 12.7. The molecular formula is C13H20ClNO2. The highest BCUT2D eigenvalue weighted by Crippen LogP contribution is 2.23. The molecule has 0 fully saturated rings. The summed E-state index contributed by atoms with van der Waals surface area (Å²) in [4.78, 5) is 2.13. The highest BCUT2D eigenvalue weighted by molar-refractivity contribution is 6.31. The minimum atomic E-state index is -0.0284. The van der Waals surface area contributed by atoms with E-state index in [4.69, 9.17) is 21.8 Å². The van der Waals surface area contributed by atoms with Gasteiger partial charge < -0.3 is 15.1 Å². The Morgan fingerprint density at radius 3 is 2.53 bits per heavy atom. The average Bonchev–Trinajstić information content (AvgIpc) is 2.34. The van der Waals surface area contributed by atoms with E-state index in [1.807, 2.05) is 25.2 Å². The Morgan fingerprint density at radius 1 is 1.18 bits per heavy atom. The van der Waals surface area contributed by atoms with Crippen LogP contribution >= 0.6 is 11.6 Å². The van der Waals surface area contributed by atoms with E-state index in [9.17, 15) is 0 Å². The third-order valence-corrected chi connectivity index (χ3v) is 3.15. The SMILES string of the molecule is CN(CCCCCO)c1ccc(CO)c(Cl)c1. The van der Waals surface area contributed by atoms with Gasteiger partial charge in [0.1, 0.15) is 0 Å². The number of nitrogens with zero attached hydrogens (tertiary/aromatic N) is 1. The Labute approximate surface area is 108 Å². The van der Waals surface area contributed by atoms with Crippen LogP contribution in [-0.4, -0.2) is 30.4 Å². The fourth-order valence-electron chi connectivity index (χ4n) is 1.67. The first-order valence-corrected chi connectivity index (χ1v) is 6.28. The van der Waals surface area contributed by atoms with Crippen molar-refractivity contribution in [2.75, 3.05) is 25.1 Å². The lowest BCUT2D eigenvalue weighted by Crippen LogP contribution is -2.18. The van der Waals surface area contributed by atoms with Crippen LogP contribution in [-0.2, 0) is 6.61 Å². The van der Waals surface area contributed by atoms with Crippen LogP contribution in [0.2, 0.25) is 5.02 Å². The minimum absolute atomic E-state index is 0.0284. The number of unbranched alkanes of at least 4 members (excludes halogenated alkanes) is 2. The van der Waals surface area contributed by atoms with E-state index in [-0.39, 0.29) is 13.2 Å². The van der Waals surface area contributed by atoms with Crippen LogP contribution in [0, 0.1) is 0 Å². The van der Waals surface area contributed by atoms with Gasteiger partial charge in [0, 0.05) is 30.9 Å². The monoisotopic (exact) mass is 257 g/mol. The van der Waals surface area contributed by atoms with Gasteiger partial charge in [0.15, 0.2) is 0 Å². The molecular weight excluding hydrogens is 238 g/mol. The maximum absolute atomic E-state index is 9.03. The highest BCUT2D eigenvalue weighted by atomic mass is 35.5. The number of hydrogen-bond donors (Lipinski definition) is 2. The second kappa shape index (κ2) is 7.54. The topological polar surface area (TPSA) is 43.7 Å². The van der Waals surface area contributed by atoms with Crippen molar-refractivity contribution < 1.29 is 10.2 Å². The quantitative estimate of drug-likeness (QED) is 0.738. The van der Waals surface area contributed by atoms with Crippen LogP contribution in [0.4, 0.5) is 5.69 Å². The molecule has 0 aliphatic rings. The smallest absolute Gasteiger partial charge is 0.0696 e. The van der Waals surface area contributed by atoms with E-state index in [2.05, 4.69) is 4.90 Å². The Kier molecular flexibility index (Phi) is 6.34.